The molecule has 3 aromatic rings. The third-order valence-corrected chi connectivity index (χ3v) is 5.41. The van der Waals surface area contributed by atoms with Crippen LogP contribution in [-0.4, -0.2) is 13.0 Å². The van der Waals surface area contributed by atoms with Gasteiger partial charge in [-0.2, -0.15) is 0 Å². The Morgan fingerprint density at radius 1 is 0.395 bits per heavy atom. The monoisotopic (exact) mass is 569 g/mol. The molecule has 0 spiro atoms. The highest BCUT2D eigenvalue weighted by Crippen LogP contribution is 2.28. The predicted molar refractivity (Wildman–Crippen MR) is 99.5 cm³/mol. The molecular formula is C21H5BF15O-. The number of benzene rings is 3. The molecule has 17 heteroatoms. The van der Waals surface area contributed by atoms with Crippen LogP contribution in [0, 0.1) is 87.3 Å². The van der Waals surface area contributed by atoms with Crippen molar-refractivity contribution in [3.63, 3.8) is 0 Å². The highest BCUT2D eigenvalue weighted by atomic mass is 19.2. The van der Waals surface area contributed by atoms with E-state index in [0.29, 0.717) is 6.08 Å². The van der Waals surface area contributed by atoms with Crippen molar-refractivity contribution >= 4 is 22.7 Å². The molecule has 0 fully saturated rings. The zero-order valence-electron chi connectivity index (χ0n) is 17.6. The predicted octanol–water partition coefficient (Wildman–Crippen LogP) is 4.94. The van der Waals surface area contributed by atoms with E-state index in [1.807, 2.05) is 0 Å². The summed E-state index contributed by atoms with van der Waals surface area (Å²) >= 11 is 0. The molecular weight excluding hydrogens is 564 g/mol. The second-order valence-corrected chi connectivity index (χ2v) is 7.36. The van der Waals surface area contributed by atoms with Crippen molar-refractivity contribution in [2.45, 2.75) is 0 Å². The summed E-state index contributed by atoms with van der Waals surface area (Å²) < 4.78 is 220. The van der Waals surface area contributed by atoms with Crippen molar-refractivity contribution < 1.29 is 70.5 Å². The van der Waals surface area contributed by atoms with Crippen LogP contribution in [0.2, 0.25) is 0 Å². The molecule has 0 saturated heterocycles. The van der Waals surface area contributed by atoms with Gasteiger partial charge in [0.15, 0.2) is 52.4 Å². The first kappa shape index (κ1) is 28.9. The van der Waals surface area contributed by atoms with Gasteiger partial charge in [-0.25, -0.2) is 65.9 Å². The molecule has 0 aliphatic heterocycles. The van der Waals surface area contributed by atoms with E-state index >= 15 is 0 Å². The number of hydrogen-bond donors (Lipinski definition) is 0. The summed E-state index contributed by atoms with van der Waals surface area (Å²) in [6, 6.07) is 0. The molecule has 204 valence electrons. The van der Waals surface area contributed by atoms with Crippen molar-refractivity contribution in [3.05, 3.63) is 99.9 Å². The number of rotatable bonds is 6. The zero-order valence-corrected chi connectivity index (χ0v) is 17.6. The molecule has 0 radical (unpaired) electrons. The maximum atomic E-state index is 15.0. The van der Waals surface area contributed by atoms with Crippen LogP contribution in [0.1, 0.15) is 0 Å². The molecule has 0 unspecified atom stereocenters. The van der Waals surface area contributed by atoms with Gasteiger partial charge in [-0.15, -0.1) is 6.58 Å². The molecule has 0 bridgehead atoms. The van der Waals surface area contributed by atoms with E-state index in [2.05, 4.69) is 11.2 Å². The molecule has 3 rings (SSSR count). The summed E-state index contributed by atoms with van der Waals surface area (Å²) in [5.74, 6) is -46.5. The lowest BCUT2D eigenvalue weighted by atomic mass is 9.27. The van der Waals surface area contributed by atoms with Crippen LogP contribution in [0.5, 0.6) is 0 Å². The minimum Gasteiger partial charge on any atom is -0.576 e. The van der Waals surface area contributed by atoms with Crippen LogP contribution < -0.4 is 16.4 Å². The van der Waals surface area contributed by atoms with E-state index in [0.717, 1.165) is 0 Å². The summed E-state index contributed by atoms with van der Waals surface area (Å²) in [5.41, 5.74) is -8.51. The molecule has 0 saturated carbocycles. The minimum atomic E-state index is -5.99. The Hall–Kier alpha value is -3.63. The molecule has 0 heterocycles. The smallest absolute Gasteiger partial charge is 0.217 e. The maximum absolute atomic E-state index is 15.0. The zero-order chi connectivity index (χ0) is 29.0. The Balaban J connectivity index is 2.87. The summed E-state index contributed by atoms with van der Waals surface area (Å²) in [5, 5.41) is 0. The Morgan fingerprint density at radius 2 is 0.579 bits per heavy atom. The van der Waals surface area contributed by atoms with E-state index in [1.54, 1.807) is 0 Å². The molecule has 38 heavy (non-hydrogen) atoms. The Bertz CT molecular complexity index is 1250. The summed E-state index contributed by atoms with van der Waals surface area (Å²) in [6.45, 7) is 1.40. The van der Waals surface area contributed by atoms with Gasteiger partial charge in [0.2, 0.25) is 6.35 Å². The minimum absolute atomic E-state index is 0.403. The standard InChI is InChI=1S/C21H5BF15O/c1-2-3-38-22(4-7(23)13(29)19(35)14(30)8(4)24,5-9(25)15(31)20(36)16(32)10(5)26)6-11(27)17(33)21(37)18(34)12(6)28/h2H,1,3H2/q-1. The first-order valence-electron chi connectivity index (χ1n) is 9.54. The highest BCUT2D eigenvalue weighted by molar-refractivity contribution is 7.07. The van der Waals surface area contributed by atoms with Gasteiger partial charge in [0.05, 0.1) is 0 Å². The van der Waals surface area contributed by atoms with Gasteiger partial charge in [-0.1, -0.05) is 22.5 Å². The lowest BCUT2D eigenvalue weighted by Crippen LogP contribution is -2.75. The lowest BCUT2D eigenvalue weighted by molar-refractivity contribution is 0.344. The fraction of sp³-hybridized carbons (Fsp3) is 0.0476. The molecule has 0 aliphatic rings. The van der Waals surface area contributed by atoms with Crippen LogP contribution in [0.25, 0.3) is 0 Å². The highest BCUT2D eigenvalue weighted by Gasteiger charge is 2.49. The second-order valence-electron chi connectivity index (χ2n) is 7.36. The van der Waals surface area contributed by atoms with Crippen LogP contribution in [-0.2, 0) is 4.65 Å². The average molecular weight is 569 g/mol. The second kappa shape index (κ2) is 9.92. The lowest BCUT2D eigenvalue weighted by Gasteiger charge is -2.44. The Kier molecular flexibility index (Phi) is 7.56. The van der Waals surface area contributed by atoms with Crippen molar-refractivity contribution in [1.29, 1.82) is 0 Å². The van der Waals surface area contributed by atoms with Crippen LogP contribution in [0.4, 0.5) is 65.9 Å². The molecule has 0 aliphatic carbocycles. The van der Waals surface area contributed by atoms with Crippen LogP contribution >= 0.6 is 0 Å². The average Bonchev–Trinajstić information content (AvgIpc) is 2.89. The fourth-order valence-electron chi connectivity index (χ4n) is 3.83. The summed E-state index contributed by atoms with van der Waals surface area (Å²) in [6.07, 6.45) is -5.58. The van der Waals surface area contributed by atoms with Gasteiger partial charge in [0.1, 0.15) is 34.9 Å². The number of halogens is 15. The van der Waals surface area contributed by atoms with E-state index in [9.17, 15) is 65.9 Å². The SMILES string of the molecule is C=CCO[B-](c1c(F)c(F)c(F)c(F)c1F)(c1c(F)c(F)c(F)c(F)c1F)c1c(F)c(F)c(F)c(F)c1F. The van der Waals surface area contributed by atoms with Crippen LogP contribution in [0.3, 0.4) is 0 Å². The Labute approximate surface area is 200 Å². The maximum Gasteiger partial charge on any atom is 0.217 e. The van der Waals surface area contributed by atoms with Gasteiger partial charge >= 0.3 is 0 Å². The van der Waals surface area contributed by atoms with Crippen LogP contribution in [0.15, 0.2) is 12.7 Å². The van der Waals surface area contributed by atoms with Gasteiger partial charge in [-0.3, -0.25) is 0 Å². The normalized spacial score (nSPS) is 11.9. The van der Waals surface area contributed by atoms with Gasteiger partial charge in [0, 0.05) is 6.61 Å². The van der Waals surface area contributed by atoms with E-state index in [-0.39, 0.29) is 0 Å². The van der Waals surface area contributed by atoms with E-state index in [1.165, 1.54) is 0 Å². The first-order valence-corrected chi connectivity index (χ1v) is 9.54. The van der Waals surface area contributed by atoms with Crippen molar-refractivity contribution in [2.24, 2.45) is 0 Å². The summed E-state index contributed by atoms with van der Waals surface area (Å²) in [4.78, 5) is 0. The molecule has 3 aromatic carbocycles. The Morgan fingerprint density at radius 3 is 0.763 bits per heavy atom. The molecule has 0 aromatic heterocycles. The summed E-state index contributed by atoms with van der Waals surface area (Å²) in [7, 11) is 0. The first-order chi connectivity index (χ1) is 17.6. The third kappa shape index (κ3) is 3.82. The van der Waals surface area contributed by atoms with Gasteiger partial charge < -0.3 is 4.65 Å². The van der Waals surface area contributed by atoms with Crippen molar-refractivity contribution in [1.82, 2.24) is 0 Å². The molecule has 0 atom stereocenters. The van der Waals surface area contributed by atoms with Gasteiger partial charge in [0.25, 0.3) is 0 Å². The quantitative estimate of drug-likeness (QED) is 0.135. The van der Waals surface area contributed by atoms with Crippen molar-refractivity contribution in [3.8, 4) is 0 Å². The molecule has 0 amide bonds. The third-order valence-electron chi connectivity index (χ3n) is 5.41. The molecule has 1 nitrogen and oxygen atoms in total. The molecule has 0 N–H and O–H groups in total. The van der Waals surface area contributed by atoms with Gasteiger partial charge in [-0.05, 0) is 0 Å². The van der Waals surface area contributed by atoms with E-state index < -0.39 is 117 Å². The van der Waals surface area contributed by atoms with E-state index in [4.69, 9.17) is 0 Å². The topological polar surface area (TPSA) is 9.23 Å². The fourth-order valence-corrected chi connectivity index (χ4v) is 3.83. The largest absolute Gasteiger partial charge is 0.576 e. The van der Waals surface area contributed by atoms with Crippen molar-refractivity contribution in [2.75, 3.05) is 6.61 Å². The number of hydrogen-bond acceptors (Lipinski definition) is 1.